The number of carboxylic acid groups (broad SMARTS) is 1. The highest BCUT2D eigenvalue weighted by atomic mass is 16.5. The largest absolute Gasteiger partial charge is 0.478 e. The van der Waals surface area contributed by atoms with Gasteiger partial charge in [0.25, 0.3) is 0 Å². The maximum absolute atomic E-state index is 11.5. The quantitative estimate of drug-likeness (QED) is 0.873. The average molecular weight is 294 g/mol. The molecule has 0 aromatic carbocycles. The van der Waals surface area contributed by atoms with Crippen molar-refractivity contribution in [3.05, 3.63) is 22.9 Å². The molecule has 1 aliphatic rings. The van der Waals surface area contributed by atoms with Gasteiger partial charge in [0, 0.05) is 45.3 Å². The first-order chi connectivity index (χ1) is 9.82. The normalized spacial score (nSPS) is 17.5. The van der Waals surface area contributed by atoms with Crippen molar-refractivity contribution in [1.29, 1.82) is 0 Å². The third-order valence-corrected chi connectivity index (χ3v) is 3.86. The fraction of sp³-hybridized carbons (Fsp3) is 0.600. The smallest absolute Gasteiger partial charge is 0.339 e. The summed E-state index contributed by atoms with van der Waals surface area (Å²) in [6, 6.07) is 1.75. The lowest BCUT2D eigenvalue weighted by Crippen LogP contribution is -2.46. The van der Waals surface area contributed by atoms with E-state index >= 15 is 0 Å². The minimum atomic E-state index is -0.999. The van der Waals surface area contributed by atoms with E-state index in [1.165, 1.54) is 0 Å². The lowest BCUT2D eigenvalue weighted by molar-refractivity contribution is -0.0573. The molecule has 2 heterocycles. The fourth-order valence-corrected chi connectivity index (χ4v) is 2.78. The van der Waals surface area contributed by atoms with Crippen LogP contribution < -0.4 is 4.90 Å². The highest BCUT2D eigenvalue weighted by Gasteiger charge is 2.32. The zero-order chi connectivity index (χ0) is 15.6. The molecule has 6 nitrogen and oxygen atoms in total. The lowest BCUT2D eigenvalue weighted by Gasteiger charge is -2.36. The van der Waals surface area contributed by atoms with Crippen LogP contribution in [0.5, 0.6) is 0 Å². The van der Waals surface area contributed by atoms with E-state index in [4.69, 9.17) is 4.74 Å². The van der Waals surface area contributed by atoms with Crippen LogP contribution in [0.4, 0.5) is 5.82 Å². The second-order valence-electron chi connectivity index (χ2n) is 5.78. The molecule has 1 aromatic rings. The molecule has 0 aliphatic carbocycles. The number of likely N-dealkylation sites (N-methyl/N-ethyl adjacent to an activating group) is 1. The summed E-state index contributed by atoms with van der Waals surface area (Å²) in [6.45, 7) is 4.98. The van der Waals surface area contributed by atoms with Crippen LogP contribution in [0.2, 0.25) is 0 Å². The van der Waals surface area contributed by atoms with Crippen molar-refractivity contribution in [1.82, 2.24) is 4.98 Å². The summed E-state index contributed by atoms with van der Waals surface area (Å²) in [4.78, 5) is 17.6. The average Bonchev–Trinajstić information content (AvgIpc) is 2.37. The zero-order valence-electron chi connectivity index (χ0n) is 12.7. The van der Waals surface area contributed by atoms with Crippen LogP contribution in [-0.2, 0) is 4.74 Å². The number of aromatic nitrogens is 1. The van der Waals surface area contributed by atoms with E-state index in [2.05, 4.69) is 4.98 Å². The highest BCUT2D eigenvalue weighted by Crippen LogP contribution is 2.26. The molecule has 6 heteroatoms. The summed E-state index contributed by atoms with van der Waals surface area (Å²) in [5.74, 6) is -0.597. The van der Waals surface area contributed by atoms with Crippen LogP contribution in [0.3, 0.4) is 0 Å². The van der Waals surface area contributed by atoms with Gasteiger partial charge in [0.15, 0.2) is 0 Å². The molecule has 0 spiro atoms. The Morgan fingerprint density at radius 3 is 2.62 bits per heavy atom. The van der Waals surface area contributed by atoms with Gasteiger partial charge in [-0.05, 0) is 25.5 Å². The van der Waals surface area contributed by atoms with E-state index in [0.717, 1.165) is 5.69 Å². The lowest BCUT2D eigenvalue weighted by atomic mass is 9.93. The van der Waals surface area contributed by atoms with Gasteiger partial charge in [-0.3, -0.25) is 0 Å². The van der Waals surface area contributed by atoms with Crippen molar-refractivity contribution in [3.63, 3.8) is 0 Å². The van der Waals surface area contributed by atoms with Gasteiger partial charge in [0.05, 0.1) is 5.60 Å². The number of hydrogen-bond acceptors (Lipinski definition) is 5. The topological polar surface area (TPSA) is 82.9 Å². The number of anilines is 1. The maximum Gasteiger partial charge on any atom is 0.339 e. The van der Waals surface area contributed by atoms with Crippen LogP contribution in [0.25, 0.3) is 0 Å². The van der Waals surface area contributed by atoms with Crippen LogP contribution in [0.1, 0.15) is 34.5 Å². The molecule has 2 rings (SSSR count). The summed E-state index contributed by atoms with van der Waals surface area (Å²) in [6.07, 6.45) is 1.09. The number of nitrogens with zero attached hydrogens (tertiary/aromatic N) is 2. The van der Waals surface area contributed by atoms with Crippen LogP contribution in [0, 0.1) is 13.8 Å². The molecule has 1 aliphatic heterocycles. The van der Waals surface area contributed by atoms with Crippen molar-refractivity contribution in [2.24, 2.45) is 0 Å². The SMILES string of the molecule is Cc1cc(C)c(C(=O)O)c(N(C)CC2(O)CCOCC2)n1. The first-order valence-electron chi connectivity index (χ1n) is 7.05. The van der Waals surface area contributed by atoms with Crippen molar-refractivity contribution < 1.29 is 19.7 Å². The van der Waals surface area contributed by atoms with Crippen molar-refractivity contribution in [2.75, 3.05) is 31.7 Å². The number of aromatic carboxylic acids is 1. The molecule has 0 radical (unpaired) electrons. The Hall–Kier alpha value is -1.66. The molecule has 0 atom stereocenters. The number of carboxylic acids is 1. The van der Waals surface area contributed by atoms with E-state index in [1.807, 2.05) is 6.92 Å². The summed E-state index contributed by atoms with van der Waals surface area (Å²) in [7, 11) is 1.76. The van der Waals surface area contributed by atoms with Crippen LogP contribution in [0.15, 0.2) is 6.07 Å². The number of rotatable bonds is 4. The maximum atomic E-state index is 11.5. The van der Waals surface area contributed by atoms with E-state index in [9.17, 15) is 15.0 Å². The van der Waals surface area contributed by atoms with Gasteiger partial charge < -0.3 is 19.8 Å². The molecule has 1 fully saturated rings. The van der Waals surface area contributed by atoms with E-state index in [-0.39, 0.29) is 5.56 Å². The Balaban J connectivity index is 2.30. The van der Waals surface area contributed by atoms with Gasteiger partial charge in [-0.1, -0.05) is 0 Å². The third kappa shape index (κ3) is 3.51. The van der Waals surface area contributed by atoms with Crippen LogP contribution >= 0.6 is 0 Å². The Labute approximate surface area is 124 Å². The Morgan fingerprint density at radius 1 is 1.43 bits per heavy atom. The molecule has 2 N–H and O–H groups in total. The first-order valence-corrected chi connectivity index (χ1v) is 7.05. The van der Waals surface area contributed by atoms with E-state index < -0.39 is 11.6 Å². The Kier molecular flexibility index (Phi) is 4.49. The van der Waals surface area contributed by atoms with Gasteiger partial charge in [-0.15, -0.1) is 0 Å². The number of aliphatic hydroxyl groups is 1. The zero-order valence-corrected chi connectivity index (χ0v) is 12.7. The summed E-state index contributed by atoms with van der Waals surface area (Å²) < 4.78 is 5.26. The van der Waals surface area contributed by atoms with Crippen molar-refractivity contribution in [2.45, 2.75) is 32.3 Å². The molecular formula is C15H22N2O4. The predicted molar refractivity (Wildman–Crippen MR) is 78.9 cm³/mol. The molecule has 1 aromatic heterocycles. The van der Waals surface area contributed by atoms with Gasteiger partial charge in [-0.2, -0.15) is 0 Å². The summed E-state index contributed by atoms with van der Waals surface area (Å²) in [5, 5.41) is 20.0. The number of pyridine rings is 1. The second kappa shape index (κ2) is 5.99. The third-order valence-electron chi connectivity index (χ3n) is 3.86. The van der Waals surface area contributed by atoms with E-state index in [0.29, 0.717) is 44.0 Å². The monoisotopic (exact) mass is 294 g/mol. The standard InChI is InChI=1S/C15H22N2O4/c1-10-8-11(2)16-13(12(10)14(18)19)17(3)9-15(20)4-6-21-7-5-15/h8,20H,4-7,9H2,1-3H3,(H,18,19). The second-order valence-corrected chi connectivity index (χ2v) is 5.78. The van der Waals surface area contributed by atoms with E-state index in [1.54, 1.807) is 24.9 Å². The minimum absolute atomic E-state index is 0.193. The molecule has 0 amide bonds. The minimum Gasteiger partial charge on any atom is -0.478 e. The van der Waals surface area contributed by atoms with Crippen molar-refractivity contribution >= 4 is 11.8 Å². The molecule has 0 unspecified atom stereocenters. The molecule has 0 saturated carbocycles. The number of aryl methyl sites for hydroxylation is 2. The van der Waals surface area contributed by atoms with Gasteiger partial charge in [0.2, 0.25) is 0 Å². The van der Waals surface area contributed by atoms with Gasteiger partial charge >= 0.3 is 5.97 Å². The Bertz CT molecular complexity index is 539. The molecule has 1 saturated heterocycles. The summed E-state index contributed by atoms with van der Waals surface area (Å²) in [5.41, 5.74) is 0.773. The molecule has 21 heavy (non-hydrogen) atoms. The molecule has 116 valence electrons. The predicted octanol–water partition coefficient (Wildman–Crippen LogP) is 1.37. The van der Waals surface area contributed by atoms with Crippen LogP contribution in [-0.4, -0.2) is 53.6 Å². The summed E-state index contributed by atoms with van der Waals surface area (Å²) >= 11 is 0. The molecular weight excluding hydrogens is 272 g/mol. The highest BCUT2D eigenvalue weighted by molar-refractivity contribution is 5.95. The molecule has 0 bridgehead atoms. The van der Waals surface area contributed by atoms with Crippen molar-refractivity contribution in [3.8, 4) is 0 Å². The first kappa shape index (κ1) is 15.7. The van der Waals surface area contributed by atoms with Gasteiger partial charge in [0.1, 0.15) is 11.4 Å². The number of ether oxygens (including phenoxy) is 1. The van der Waals surface area contributed by atoms with Gasteiger partial charge in [-0.25, -0.2) is 9.78 Å². The number of carbonyl (C=O) groups is 1. The number of hydrogen-bond donors (Lipinski definition) is 2. The fourth-order valence-electron chi connectivity index (χ4n) is 2.78. The Morgan fingerprint density at radius 2 is 2.05 bits per heavy atom.